The second-order valence-corrected chi connectivity index (χ2v) is 15.3. The summed E-state index contributed by atoms with van der Waals surface area (Å²) >= 11 is 2.57. The number of hydrogen-bond acceptors (Lipinski definition) is 0. The van der Waals surface area contributed by atoms with E-state index in [0.29, 0.717) is 0 Å². The number of rotatable bonds is 38. The summed E-state index contributed by atoms with van der Waals surface area (Å²) in [6.07, 6.45) is 54.9. The molecule has 0 saturated carbocycles. The Morgan fingerprint density at radius 2 is 0.452 bits per heavy atom. The summed E-state index contributed by atoms with van der Waals surface area (Å²) < 4.78 is 1.35. The van der Waals surface area contributed by atoms with E-state index < -0.39 is 0 Å². The molecule has 0 bridgehead atoms. The highest BCUT2D eigenvalue weighted by Gasteiger charge is 2.08. The normalized spacial score (nSPS) is 11.7. The first-order chi connectivity index (χ1) is 20.8. The quantitative estimate of drug-likeness (QED) is 0.0341. The Bertz CT molecular complexity index is 410. The maximum atomic E-state index is 2.57. The van der Waals surface area contributed by atoms with E-state index in [2.05, 4.69) is 36.4 Å². The summed E-state index contributed by atoms with van der Waals surface area (Å²) in [6.45, 7) is 4.63. The second-order valence-electron chi connectivity index (χ2n) is 14.2. The lowest BCUT2D eigenvalue weighted by molar-refractivity contribution is 0.371. The molecule has 0 spiro atoms. The first-order valence-corrected chi connectivity index (χ1v) is 21.9. The SMILES string of the molecule is CCCCCCCCCCCCCCCCCCC(CCCCI)CCCCCCCCCCCCCCCCCC. The highest BCUT2D eigenvalue weighted by Crippen LogP contribution is 2.24. The minimum atomic E-state index is 1.03. The van der Waals surface area contributed by atoms with Gasteiger partial charge < -0.3 is 0 Å². The van der Waals surface area contributed by atoms with Crippen molar-refractivity contribution in [3.8, 4) is 0 Å². The molecule has 0 aromatic carbocycles. The van der Waals surface area contributed by atoms with E-state index in [1.165, 1.54) is 242 Å². The Balaban J connectivity index is 3.52. The Labute approximate surface area is 283 Å². The molecule has 0 atom stereocenters. The number of unbranched alkanes of at least 4 members (excludes halogenated alkanes) is 31. The van der Waals surface area contributed by atoms with Crippen LogP contribution in [0, 0.1) is 5.92 Å². The van der Waals surface area contributed by atoms with E-state index >= 15 is 0 Å². The molecule has 0 N–H and O–H groups in total. The van der Waals surface area contributed by atoms with E-state index in [1.807, 2.05) is 0 Å². The molecule has 254 valence electrons. The van der Waals surface area contributed by atoms with Crippen molar-refractivity contribution in [2.24, 2.45) is 5.92 Å². The summed E-state index contributed by atoms with van der Waals surface area (Å²) in [5.74, 6) is 1.03. The highest BCUT2D eigenvalue weighted by molar-refractivity contribution is 14.1. The molecule has 42 heavy (non-hydrogen) atoms. The summed E-state index contributed by atoms with van der Waals surface area (Å²) in [5.41, 5.74) is 0. The van der Waals surface area contributed by atoms with Crippen molar-refractivity contribution < 1.29 is 0 Å². The van der Waals surface area contributed by atoms with E-state index in [1.54, 1.807) is 0 Å². The van der Waals surface area contributed by atoms with Gasteiger partial charge in [-0.15, -0.1) is 0 Å². The zero-order valence-electron chi connectivity index (χ0n) is 29.8. The van der Waals surface area contributed by atoms with Gasteiger partial charge >= 0.3 is 0 Å². The molecule has 0 nitrogen and oxygen atoms in total. The molecular formula is C41H83I. The molecule has 1 heteroatoms. The molecule has 0 amide bonds. The largest absolute Gasteiger partial charge is 0.0864 e. The topological polar surface area (TPSA) is 0 Å². The van der Waals surface area contributed by atoms with E-state index in [9.17, 15) is 0 Å². The van der Waals surface area contributed by atoms with Crippen molar-refractivity contribution in [3.63, 3.8) is 0 Å². The molecule has 0 aromatic rings. The fourth-order valence-electron chi connectivity index (χ4n) is 6.92. The van der Waals surface area contributed by atoms with Gasteiger partial charge in [0.2, 0.25) is 0 Å². The molecule has 0 unspecified atom stereocenters. The molecule has 0 saturated heterocycles. The monoisotopic (exact) mass is 703 g/mol. The van der Waals surface area contributed by atoms with Crippen LogP contribution in [0.4, 0.5) is 0 Å². The smallest absolute Gasteiger partial charge is 0.000473 e. The maximum absolute atomic E-state index is 2.57. The Morgan fingerprint density at radius 1 is 0.262 bits per heavy atom. The van der Waals surface area contributed by atoms with Gasteiger partial charge in [0.15, 0.2) is 0 Å². The molecule has 0 aliphatic rings. The lowest BCUT2D eigenvalue weighted by Crippen LogP contribution is -2.02. The molecule has 0 fully saturated rings. The zero-order chi connectivity index (χ0) is 30.4. The van der Waals surface area contributed by atoms with Gasteiger partial charge in [0.1, 0.15) is 0 Å². The summed E-state index contributed by atoms with van der Waals surface area (Å²) in [4.78, 5) is 0. The molecule has 0 heterocycles. The van der Waals surface area contributed by atoms with Crippen molar-refractivity contribution in [3.05, 3.63) is 0 Å². The first-order valence-electron chi connectivity index (χ1n) is 20.4. The predicted molar refractivity (Wildman–Crippen MR) is 205 cm³/mol. The fraction of sp³-hybridized carbons (Fsp3) is 1.00. The van der Waals surface area contributed by atoms with Crippen LogP contribution in [0.15, 0.2) is 0 Å². The van der Waals surface area contributed by atoms with Gasteiger partial charge in [0, 0.05) is 0 Å². The number of alkyl halides is 1. The van der Waals surface area contributed by atoms with Crippen LogP contribution in [0.5, 0.6) is 0 Å². The van der Waals surface area contributed by atoms with Gasteiger partial charge in [-0.1, -0.05) is 268 Å². The maximum Gasteiger partial charge on any atom is -0.000473 e. The van der Waals surface area contributed by atoms with Crippen LogP contribution < -0.4 is 0 Å². The van der Waals surface area contributed by atoms with Gasteiger partial charge in [-0.05, 0) is 16.8 Å². The molecular weight excluding hydrogens is 619 g/mol. The highest BCUT2D eigenvalue weighted by atomic mass is 127. The minimum Gasteiger partial charge on any atom is -0.0864 e. The second kappa shape index (κ2) is 39.8. The average Bonchev–Trinajstić information content (AvgIpc) is 3.00. The third-order valence-electron chi connectivity index (χ3n) is 9.93. The predicted octanol–water partition coefficient (Wildman–Crippen LogP) is 16.5. The van der Waals surface area contributed by atoms with Gasteiger partial charge in [-0.2, -0.15) is 0 Å². The summed E-state index contributed by atoms with van der Waals surface area (Å²) in [7, 11) is 0. The van der Waals surface area contributed by atoms with Crippen molar-refractivity contribution in [1.82, 2.24) is 0 Å². The van der Waals surface area contributed by atoms with E-state index in [0.717, 1.165) is 5.92 Å². The van der Waals surface area contributed by atoms with E-state index in [4.69, 9.17) is 0 Å². The van der Waals surface area contributed by atoms with Crippen LogP contribution in [0.2, 0.25) is 0 Å². The van der Waals surface area contributed by atoms with Crippen LogP contribution >= 0.6 is 22.6 Å². The summed E-state index contributed by atoms with van der Waals surface area (Å²) in [6, 6.07) is 0. The van der Waals surface area contributed by atoms with Crippen LogP contribution in [-0.2, 0) is 0 Å². The van der Waals surface area contributed by atoms with Gasteiger partial charge in [-0.3, -0.25) is 0 Å². The standard InChI is InChI=1S/C41H83I/c1-3-5-7-9-11-13-15-17-19-21-23-25-27-29-31-33-37-41(39-35-36-40-42)38-34-32-30-28-26-24-22-20-18-16-14-12-10-8-6-4-2/h41H,3-40H2,1-2H3. The van der Waals surface area contributed by atoms with Crippen LogP contribution in [0.25, 0.3) is 0 Å². The first kappa shape index (κ1) is 42.7. The van der Waals surface area contributed by atoms with Crippen molar-refractivity contribution in [2.45, 2.75) is 251 Å². The Kier molecular flexibility index (Phi) is 40.4. The van der Waals surface area contributed by atoms with Crippen molar-refractivity contribution >= 4 is 22.6 Å². The van der Waals surface area contributed by atoms with E-state index in [-0.39, 0.29) is 0 Å². The lowest BCUT2D eigenvalue weighted by atomic mass is 9.90. The molecule has 0 aliphatic carbocycles. The van der Waals surface area contributed by atoms with Crippen LogP contribution in [0.1, 0.15) is 251 Å². The molecule has 0 aromatic heterocycles. The van der Waals surface area contributed by atoms with Gasteiger partial charge in [-0.25, -0.2) is 0 Å². The molecule has 0 radical (unpaired) electrons. The van der Waals surface area contributed by atoms with Crippen LogP contribution in [-0.4, -0.2) is 4.43 Å². The Morgan fingerprint density at radius 3 is 0.667 bits per heavy atom. The summed E-state index contributed by atoms with van der Waals surface area (Å²) in [5, 5.41) is 0. The zero-order valence-corrected chi connectivity index (χ0v) is 32.0. The van der Waals surface area contributed by atoms with Crippen LogP contribution in [0.3, 0.4) is 0 Å². The number of halogens is 1. The van der Waals surface area contributed by atoms with Gasteiger partial charge in [0.25, 0.3) is 0 Å². The number of hydrogen-bond donors (Lipinski definition) is 0. The third kappa shape index (κ3) is 36.9. The molecule has 0 rings (SSSR count). The Hall–Kier alpha value is 0.730. The lowest BCUT2D eigenvalue weighted by Gasteiger charge is -2.17. The third-order valence-corrected chi connectivity index (χ3v) is 10.7. The molecule has 0 aliphatic heterocycles. The fourth-order valence-corrected chi connectivity index (χ4v) is 7.46. The minimum absolute atomic E-state index is 1.03. The van der Waals surface area contributed by atoms with Crippen molar-refractivity contribution in [2.75, 3.05) is 4.43 Å². The van der Waals surface area contributed by atoms with Crippen molar-refractivity contribution in [1.29, 1.82) is 0 Å². The van der Waals surface area contributed by atoms with Gasteiger partial charge in [0.05, 0.1) is 0 Å². The average molecular weight is 703 g/mol.